The van der Waals surface area contributed by atoms with Crippen LogP contribution in [0.15, 0.2) is 48.6 Å². The third-order valence-corrected chi connectivity index (χ3v) is 3.99. The number of aromatic nitrogens is 3. The SMILES string of the molecule is C=C(C)C(=O)C(C=O)c1ccc(O)c(-n2nc3ccc(Cl)cc3n2)c1. The molecule has 7 heteroatoms. The molecule has 0 spiro atoms. The van der Waals surface area contributed by atoms with Crippen molar-refractivity contribution in [2.45, 2.75) is 12.8 Å². The van der Waals surface area contributed by atoms with Crippen LogP contribution in [0.1, 0.15) is 18.4 Å². The lowest BCUT2D eigenvalue weighted by Crippen LogP contribution is -2.15. The predicted octanol–water partition coefficient (Wildman–Crippen LogP) is 3.21. The van der Waals surface area contributed by atoms with Crippen molar-refractivity contribution in [1.29, 1.82) is 0 Å². The summed E-state index contributed by atoms with van der Waals surface area (Å²) in [6.45, 7) is 5.13. The number of halogens is 1. The van der Waals surface area contributed by atoms with Crippen molar-refractivity contribution >= 4 is 34.7 Å². The van der Waals surface area contributed by atoms with Crippen LogP contribution in [0.2, 0.25) is 5.02 Å². The first-order valence-corrected chi connectivity index (χ1v) is 7.79. The summed E-state index contributed by atoms with van der Waals surface area (Å²) in [4.78, 5) is 24.8. The molecule has 0 saturated heterocycles. The quantitative estimate of drug-likeness (QED) is 0.431. The van der Waals surface area contributed by atoms with E-state index in [1.807, 2.05) is 0 Å². The molecule has 2 aromatic carbocycles. The zero-order valence-electron chi connectivity index (χ0n) is 13.3. The van der Waals surface area contributed by atoms with Gasteiger partial charge in [-0.25, -0.2) is 0 Å². The summed E-state index contributed by atoms with van der Waals surface area (Å²) in [6, 6.07) is 9.47. The van der Waals surface area contributed by atoms with Gasteiger partial charge in [0.05, 0.1) is 0 Å². The number of Topliss-reactive ketones (excluding diaryl/α,β-unsaturated/α-hetero) is 1. The number of hydrogen-bond donors (Lipinski definition) is 1. The molecule has 1 atom stereocenters. The molecule has 0 fully saturated rings. The highest BCUT2D eigenvalue weighted by Crippen LogP contribution is 2.28. The first kappa shape index (κ1) is 16.9. The van der Waals surface area contributed by atoms with E-state index in [2.05, 4.69) is 16.8 Å². The minimum atomic E-state index is -0.990. The fraction of sp³-hybridized carbons (Fsp3) is 0.111. The Balaban J connectivity index is 2.11. The van der Waals surface area contributed by atoms with Crippen molar-refractivity contribution in [3.63, 3.8) is 0 Å². The highest BCUT2D eigenvalue weighted by atomic mass is 35.5. The molecular formula is C18H14ClN3O3. The number of carbonyl (C=O) groups is 2. The Kier molecular flexibility index (Phi) is 4.37. The number of nitrogens with zero attached hydrogens (tertiary/aromatic N) is 3. The van der Waals surface area contributed by atoms with Gasteiger partial charge in [-0.15, -0.1) is 15.0 Å². The van der Waals surface area contributed by atoms with Gasteiger partial charge in [0.2, 0.25) is 0 Å². The van der Waals surface area contributed by atoms with Gasteiger partial charge in [0.15, 0.2) is 5.78 Å². The Bertz CT molecular complexity index is 1010. The van der Waals surface area contributed by atoms with E-state index in [9.17, 15) is 14.7 Å². The second-order valence-corrected chi connectivity index (χ2v) is 6.07. The summed E-state index contributed by atoms with van der Waals surface area (Å²) >= 11 is 5.94. The molecule has 0 aliphatic heterocycles. The van der Waals surface area contributed by atoms with Crippen LogP contribution in [0.5, 0.6) is 5.75 Å². The van der Waals surface area contributed by atoms with E-state index in [4.69, 9.17) is 11.6 Å². The zero-order chi connectivity index (χ0) is 18.1. The summed E-state index contributed by atoms with van der Waals surface area (Å²) in [5.74, 6) is -1.45. The standard InChI is InChI=1S/C18H14ClN3O3/c1-10(2)18(25)13(9-23)11-3-6-17(24)16(7-11)22-20-14-5-4-12(19)8-15(14)21-22/h3-9,13,24H,1H2,2H3. The molecule has 6 nitrogen and oxygen atoms in total. The lowest BCUT2D eigenvalue weighted by molar-refractivity contribution is -0.121. The maximum Gasteiger partial charge on any atom is 0.172 e. The first-order chi connectivity index (χ1) is 11.9. The third-order valence-electron chi connectivity index (χ3n) is 3.76. The number of fused-ring (bicyclic) bond motifs is 1. The molecule has 0 amide bonds. The van der Waals surface area contributed by atoms with E-state index in [1.54, 1.807) is 25.1 Å². The number of phenolic OH excluding ortho intramolecular Hbond substituents is 1. The molecule has 1 aromatic heterocycles. The third kappa shape index (κ3) is 3.16. The molecular weight excluding hydrogens is 342 g/mol. The van der Waals surface area contributed by atoms with Gasteiger partial charge in [-0.1, -0.05) is 24.2 Å². The first-order valence-electron chi connectivity index (χ1n) is 7.41. The van der Waals surface area contributed by atoms with Gasteiger partial charge in [-0.05, 0) is 48.4 Å². The van der Waals surface area contributed by atoms with Gasteiger partial charge in [0, 0.05) is 5.02 Å². The monoisotopic (exact) mass is 355 g/mol. The molecule has 0 radical (unpaired) electrons. The van der Waals surface area contributed by atoms with Crippen LogP contribution in [0, 0.1) is 0 Å². The number of rotatable bonds is 5. The summed E-state index contributed by atoms with van der Waals surface area (Å²) in [5, 5.41) is 19.2. The molecule has 126 valence electrons. The van der Waals surface area contributed by atoms with Gasteiger partial charge in [-0.3, -0.25) is 4.79 Å². The Labute approximate surface area is 148 Å². The van der Waals surface area contributed by atoms with Gasteiger partial charge < -0.3 is 9.90 Å². The van der Waals surface area contributed by atoms with Crippen molar-refractivity contribution in [1.82, 2.24) is 15.0 Å². The van der Waals surface area contributed by atoms with Crippen molar-refractivity contribution in [3.8, 4) is 11.4 Å². The number of ketones is 1. The molecule has 0 bridgehead atoms. The fourth-order valence-corrected chi connectivity index (χ4v) is 2.61. The van der Waals surface area contributed by atoms with Crippen molar-refractivity contribution in [2.75, 3.05) is 0 Å². The average Bonchev–Trinajstić information content (AvgIpc) is 2.99. The van der Waals surface area contributed by atoms with Crippen LogP contribution in [-0.2, 0) is 9.59 Å². The molecule has 3 aromatic rings. The van der Waals surface area contributed by atoms with Crippen molar-refractivity contribution in [2.24, 2.45) is 0 Å². The molecule has 0 aliphatic rings. The topological polar surface area (TPSA) is 85.1 Å². The smallest absolute Gasteiger partial charge is 0.172 e. The lowest BCUT2D eigenvalue weighted by Gasteiger charge is -2.12. The van der Waals surface area contributed by atoms with Crippen LogP contribution in [0.25, 0.3) is 16.7 Å². The highest BCUT2D eigenvalue weighted by molar-refractivity contribution is 6.31. The number of benzene rings is 2. The Hall–Kier alpha value is -2.99. The molecule has 0 saturated carbocycles. The number of aromatic hydroxyl groups is 1. The van der Waals surface area contributed by atoms with Crippen LogP contribution in [-0.4, -0.2) is 32.2 Å². The highest BCUT2D eigenvalue weighted by Gasteiger charge is 2.22. The van der Waals surface area contributed by atoms with E-state index >= 15 is 0 Å². The molecule has 1 N–H and O–H groups in total. The van der Waals surface area contributed by atoms with Crippen molar-refractivity contribution < 1.29 is 14.7 Å². The summed E-state index contributed by atoms with van der Waals surface area (Å²) < 4.78 is 0. The predicted molar refractivity (Wildman–Crippen MR) is 94.2 cm³/mol. The minimum Gasteiger partial charge on any atom is -0.506 e. The lowest BCUT2D eigenvalue weighted by atomic mass is 9.92. The second kappa shape index (κ2) is 6.49. The number of carbonyl (C=O) groups excluding carboxylic acids is 2. The summed E-state index contributed by atoms with van der Waals surface area (Å²) in [6.07, 6.45) is 0.556. The maximum atomic E-state index is 12.1. The van der Waals surface area contributed by atoms with E-state index in [-0.39, 0.29) is 22.8 Å². The normalized spacial score (nSPS) is 12.1. The number of aldehydes is 1. The van der Waals surface area contributed by atoms with E-state index in [0.29, 0.717) is 27.9 Å². The summed E-state index contributed by atoms with van der Waals surface area (Å²) in [7, 11) is 0. The number of allylic oxidation sites excluding steroid dienone is 1. The zero-order valence-corrected chi connectivity index (χ0v) is 14.1. The second-order valence-electron chi connectivity index (χ2n) is 5.63. The number of phenols is 1. The van der Waals surface area contributed by atoms with Gasteiger partial charge in [-0.2, -0.15) is 0 Å². The van der Waals surface area contributed by atoms with Gasteiger partial charge in [0.25, 0.3) is 0 Å². The molecule has 3 rings (SSSR count). The molecule has 1 heterocycles. The molecule has 25 heavy (non-hydrogen) atoms. The molecule has 1 unspecified atom stereocenters. The van der Waals surface area contributed by atoms with E-state index in [0.717, 1.165) is 0 Å². The van der Waals surface area contributed by atoms with Crippen LogP contribution >= 0.6 is 11.6 Å². The van der Waals surface area contributed by atoms with Gasteiger partial charge >= 0.3 is 0 Å². The van der Waals surface area contributed by atoms with Crippen LogP contribution < -0.4 is 0 Å². The summed E-state index contributed by atoms with van der Waals surface area (Å²) in [5.41, 5.74) is 2.12. The fourth-order valence-electron chi connectivity index (χ4n) is 2.45. The van der Waals surface area contributed by atoms with Crippen molar-refractivity contribution in [3.05, 3.63) is 59.1 Å². The Morgan fingerprint density at radius 3 is 2.64 bits per heavy atom. The maximum absolute atomic E-state index is 12.1. The van der Waals surface area contributed by atoms with Crippen LogP contribution in [0.3, 0.4) is 0 Å². The minimum absolute atomic E-state index is 0.0809. The van der Waals surface area contributed by atoms with Gasteiger partial charge in [0.1, 0.15) is 34.7 Å². The largest absolute Gasteiger partial charge is 0.506 e. The van der Waals surface area contributed by atoms with Crippen LogP contribution in [0.4, 0.5) is 0 Å². The van der Waals surface area contributed by atoms with E-state index in [1.165, 1.54) is 23.0 Å². The Morgan fingerprint density at radius 1 is 1.24 bits per heavy atom. The Morgan fingerprint density at radius 2 is 1.96 bits per heavy atom. The molecule has 0 aliphatic carbocycles. The van der Waals surface area contributed by atoms with E-state index < -0.39 is 5.92 Å². The average molecular weight is 356 g/mol. The number of hydrogen-bond acceptors (Lipinski definition) is 5.